The van der Waals surface area contributed by atoms with Crippen molar-refractivity contribution in [1.29, 1.82) is 0 Å². The quantitative estimate of drug-likeness (QED) is 0.620. The Morgan fingerprint density at radius 3 is 3.00 bits per heavy atom. The molecule has 2 N–H and O–H groups in total. The molecule has 1 unspecified atom stereocenters. The van der Waals surface area contributed by atoms with Gasteiger partial charge < -0.3 is 20.3 Å². The highest BCUT2D eigenvalue weighted by molar-refractivity contribution is 7.80. The van der Waals surface area contributed by atoms with Gasteiger partial charge in [0.25, 0.3) is 0 Å². The Hall–Kier alpha value is -1.40. The molecule has 1 atom stereocenters. The van der Waals surface area contributed by atoms with Crippen molar-refractivity contribution in [1.82, 2.24) is 10.3 Å². The maximum Gasteiger partial charge on any atom is 0.170 e. The Morgan fingerprint density at radius 1 is 1.45 bits per heavy atom. The van der Waals surface area contributed by atoms with Crippen LogP contribution >= 0.6 is 12.2 Å². The summed E-state index contributed by atoms with van der Waals surface area (Å²) in [5.41, 5.74) is 0.914. The zero-order chi connectivity index (χ0) is 15.8. The van der Waals surface area contributed by atoms with Gasteiger partial charge in [-0.2, -0.15) is 0 Å². The Balaban J connectivity index is 1.82. The highest BCUT2D eigenvalue weighted by Crippen LogP contribution is 2.23. The van der Waals surface area contributed by atoms with Gasteiger partial charge >= 0.3 is 0 Å². The number of nitrogens with zero attached hydrogens (tertiary/aromatic N) is 2. The molecule has 1 fully saturated rings. The van der Waals surface area contributed by atoms with Crippen LogP contribution < -0.4 is 15.5 Å². The largest absolute Gasteiger partial charge is 0.385 e. The van der Waals surface area contributed by atoms with Crippen molar-refractivity contribution in [2.75, 3.05) is 37.0 Å². The molecular formula is C16H26N4OS. The molecule has 0 spiro atoms. The summed E-state index contributed by atoms with van der Waals surface area (Å²) in [5.74, 6) is 1.05. The molecule has 22 heavy (non-hydrogen) atoms. The van der Waals surface area contributed by atoms with Crippen LogP contribution in [0.5, 0.6) is 0 Å². The van der Waals surface area contributed by atoms with E-state index < -0.39 is 0 Å². The number of methoxy groups -OCH3 is 1. The molecule has 0 bridgehead atoms. The molecule has 5 nitrogen and oxygen atoms in total. The van der Waals surface area contributed by atoms with Gasteiger partial charge in [0.1, 0.15) is 5.82 Å². The molecule has 2 rings (SSSR count). The molecule has 0 amide bonds. The summed E-state index contributed by atoms with van der Waals surface area (Å²) in [6.45, 7) is 4.91. The lowest BCUT2D eigenvalue weighted by Crippen LogP contribution is -2.37. The first-order valence-corrected chi connectivity index (χ1v) is 8.38. The average molecular weight is 322 g/mol. The maximum atomic E-state index is 5.26. The standard InChI is InChI=1S/C16H26N4OS/c1-13-6-3-4-10-20(13)15-8-7-14(12-18-15)19-16(22)17-9-5-11-21-2/h7-8,12-13H,3-6,9-11H2,1-2H3,(H2,17,19,22). The minimum atomic E-state index is 0.573. The topological polar surface area (TPSA) is 49.4 Å². The number of rotatable bonds is 6. The zero-order valence-corrected chi connectivity index (χ0v) is 14.3. The van der Waals surface area contributed by atoms with Gasteiger partial charge in [-0.15, -0.1) is 0 Å². The van der Waals surface area contributed by atoms with Crippen LogP contribution in [0.25, 0.3) is 0 Å². The summed E-state index contributed by atoms with van der Waals surface area (Å²) < 4.78 is 5.00. The van der Waals surface area contributed by atoms with E-state index in [1.54, 1.807) is 7.11 Å². The number of pyridine rings is 1. The number of aromatic nitrogens is 1. The fourth-order valence-corrected chi connectivity index (χ4v) is 2.88. The van der Waals surface area contributed by atoms with Gasteiger partial charge in [-0.25, -0.2) is 4.98 Å². The van der Waals surface area contributed by atoms with Crippen molar-refractivity contribution in [2.24, 2.45) is 0 Å². The third-order valence-electron chi connectivity index (χ3n) is 3.91. The lowest BCUT2D eigenvalue weighted by atomic mass is 10.0. The normalized spacial score (nSPS) is 18.1. The predicted octanol–water partition coefficient (Wildman–Crippen LogP) is 2.78. The lowest BCUT2D eigenvalue weighted by molar-refractivity contribution is 0.196. The van der Waals surface area contributed by atoms with Crippen molar-refractivity contribution in [3.63, 3.8) is 0 Å². The highest BCUT2D eigenvalue weighted by Gasteiger charge is 2.19. The van der Waals surface area contributed by atoms with Gasteiger partial charge in [0, 0.05) is 32.8 Å². The zero-order valence-electron chi connectivity index (χ0n) is 13.5. The molecule has 122 valence electrons. The number of nitrogens with one attached hydrogen (secondary N) is 2. The monoisotopic (exact) mass is 322 g/mol. The van der Waals surface area contributed by atoms with Crippen LogP contribution in [0, 0.1) is 0 Å². The second kappa shape index (κ2) is 8.90. The Bertz CT molecular complexity index is 466. The molecule has 1 aliphatic heterocycles. The molecule has 0 aliphatic carbocycles. The number of hydrogen-bond acceptors (Lipinski definition) is 4. The molecule has 0 aromatic carbocycles. The first-order valence-electron chi connectivity index (χ1n) is 7.97. The third-order valence-corrected chi connectivity index (χ3v) is 4.16. The van der Waals surface area contributed by atoms with Crippen LogP contribution in [0.4, 0.5) is 11.5 Å². The Morgan fingerprint density at radius 2 is 2.32 bits per heavy atom. The van der Waals surface area contributed by atoms with Gasteiger partial charge in [0.2, 0.25) is 0 Å². The second-order valence-electron chi connectivity index (χ2n) is 5.67. The van der Waals surface area contributed by atoms with Crippen molar-refractivity contribution in [3.05, 3.63) is 18.3 Å². The van der Waals surface area contributed by atoms with Crippen LogP contribution in [0.2, 0.25) is 0 Å². The van der Waals surface area contributed by atoms with Gasteiger partial charge in [-0.1, -0.05) is 0 Å². The van der Waals surface area contributed by atoms with Gasteiger partial charge in [-0.3, -0.25) is 0 Å². The van der Waals surface area contributed by atoms with E-state index in [-0.39, 0.29) is 0 Å². The summed E-state index contributed by atoms with van der Waals surface area (Å²) >= 11 is 5.26. The van der Waals surface area contributed by atoms with Crippen LogP contribution in [0.15, 0.2) is 18.3 Å². The number of piperidine rings is 1. The summed E-state index contributed by atoms with van der Waals surface area (Å²) in [5, 5.41) is 6.93. The molecule has 1 aliphatic rings. The van der Waals surface area contributed by atoms with Gasteiger partial charge in [0.05, 0.1) is 11.9 Å². The van der Waals surface area contributed by atoms with Crippen molar-refractivity contribution < 1.29 is 4.74 Å². The fraction of sp³-hybridized carbons (Fsp3) is 0.625. The second-order valence-corrected chi connectivity index (χ2v) is 6.08. The smallest absolute Gasteiger partial charge is 0.170 e. The van der Waals surface area contributed by atoms with Crippen molar-refractivity contribution in [2.45, 2.75) is 38.6 Å². The van der Waals surface area contributed by atoms with E-state index in [0.717, 1.165) is 37.6 Å². The third kappa shape index (κ3) is 5.10. The fourth-order valence-electron chi connectivity index (χ4n) is 2.66. The van der Waals surface area contributed by atoms with Crippen LogP contribution in [0.3, 0.4) is 0 Å². The van der Waals surface area contributed by atoms with E-state index in [0.29, 0.717) is 11.2 Å². The Labute approximate surface area is 138 Å². The number of ether oxygens (including phenoxy) is 1. The van der Waals surface area contributed by atoms with Crippen molar-refractivity contribution >= 4 is 28.8 Å². The number of anilines is 2. The van der Waals surface area contributed by atoms with E-state index in [2.05, 4.69) is 33.5 Å². The minimum Gasteiger partial charge on any atom is -0.385 e. The molecule has 1 saturated heterocycles. The number of hydrogen-bond donors (Lipinski definition) is 2. The summed E-state index contributed by atoms with van der Waals surface area (Å²) in [7, 11) is 1.70. The summed E-state index contributed by atoms with van der Waals surface area (Å²) in [6, 6.07) is 4.67. The van der Waals surface area contributed by atoms with Crippen LogP contribution in [-0.2, 0) is 4.74 Å². The van der Waals surface area contributed by atoms with E-state index in [9.17, 15) is 0 Å². The van der Waals surface area contributed by atoms with E-state index in [1.807, 2.05) is 12.3 Å². The summed E-state index contributed by atoms with van der Waals surface area (Å²) in [4.78, 5) is 6.96. The molecule has 2 heterocycles. The number of thiocarbonyl (C=S) groups is 1. The van der Waals surface area contributed by atoms with Gasteiger partial charge in [0.15, 0.2) is 5.11 Å². The van der Waals surface area contributed by atoms with E-state index in [1.165, 1.54) is 19.3 Å². The first kappa shape index (κ1) is 17.0. The SMILES string of the molecule is COCCCNC(=S)Nc1ccc(N2CCCCC2C)nc1. The van der Waals surface area contributed by atoms with E-state index in [4.69, 9.17) is 17.0 Å². The molecule has 1 aromatic rings. The molecule has 6 heteroatoms. The predicted molar refractivity (Wildman–Crippen MR) is 95.6 cm³/mol. The summed E-state index contributed by atoms with van der Waals surface area (Å²) in [6.07, 6.45) is 6.60. The highest BCUT2D eigenvalue weighted by atomic mass is 32.1. The minimum absolute atomic E-state index is 0.573. The average Bonchev–Trinajstić information content (AvgIpc) is 2.53. The van der Waals surface area contributed by atoms with Crippen LogP contribution in [0.1, 0.15) is 32.6 Å². The van der Waals surface area contributed by atoms with Crippen molar-refractivity contribution in [3.8, 4) is 0 Å². The molecule has 0 saturated carbocycles. The lowest BCUT2D eigenvalue weighted by Gasteiger charge is -2.34. The molecule has 0 radical (unpaired) electrons. The molecular weight excluding hydrogens is 296 g/mol. The van der Waals surface area contributed by atoms with Gasteiger partial charge in [-0.05, 0) is 57.0 Å². The maximum absolute atomic E-state index is 5.26. The first-order chi connectivity index (χ1) is 10.7. The molecule has 1 aromatic heterocycles. The Kier molecular flexibility index (Phi) is 6.86. The van der Waals surface area contributed by atoms with Crippen LogP contribution in [-0.4, -0.2) is 42.9 Å². The van der Waals surface area contributed by atoms with E-state index >= 15 is 0 Å².